The quantitative estimate of drug-likeness (QED) is 0.847. The first-order valence-electron chi connectivity index (χ1n) is 6.01. The second kappa shape index (κ2) is 5.53. The summed E-state index contributed by atoms with van der Waals surface area (Å²) in [5.74, 6) is 0.685. The van der Waals surface area contributed by atoms with Crippen LogP contribution in [0.15, 0.2) is 40.9 Å². The fraction of sp³-hybridized carbons (Fsp3) is 0.200. The number of hydrogen-bond acceptors (Lipinski definition) is 1. The van der Waals surface area contributed by atoms with E-state index < -0.39 is 0 Å². The highest BCUT2D eigenvalue weighted by atomic mass is 79.9. The summed E-state index contributed by atoms with van der Waals surface area (Å²) in [6, 6.07) is 11.4. The first-order chi connectivity index (χ1) is 8.97. The van der Waals surface area contributed by atoms with Crippen LogP contribution in [0.3, 0.4) is 0 Å². The van der Waals surface area contributed by atoms with Crippen molar-refractivity contribution in [1.82, 2.24) is 0 Å². The molecule has 4 heteroatoms. The Morgan fingerprint density at radius 2 is 1.95 bits per heavy atom. The Morgan fingerprint density at radius 1 is 1.21 bits per heavy atom. The molecule has 0 unspecified atom stereocenters. The highest BCUT2D eigenvalue weighted by Gasteiger charge is 2.16. The van der Waals surface area contributed by atoms with Gasteiger partial charge in [-0.3, -0.25) is 0 Å². The maximum absolute atomic E-state index is 12.2. The van der Waals surface area contributed by atoms with Crippen molar-refractivity contribution < 1.29 is 9.36 Å². The van der Waals surface area contributed by atoms with Crippen LogP contribution >= 0.6 is 15.9 Å². The van der Waals surface area contributed by atoms with E-state index in [2.05, 4.69) is 27.3 Å². The SMILES string of the molecule is Cc1cc(C)[n+](C)c(NC(=O)c2cccc(Br)c2)c1. The molecule has 1 aromatic heterocycles. The third-order valence-electron chi connectivity index (χ3n) is 3.02. The van der Waals surface area contributed by atoms with Gasteiger partial charge in [0.2, 0.25) is 0 Å². The Labute approximate surface area is 121 Å². The van der Waals surface area contributed by atoms with Gasteiger partial charge in [0.25, 0.3) is 5.82 Å². The standard InChI is InChI=1S/C15H15BrN2O/c1-10-7-11(2)18(3)14(8-10)17-15(19)12-5-4-6-13(16)9-12/h4-9H,1-3H3/p+1. The molecule has 1 amide bonds. The number of rotatable bonds is 2. The Balaban J connectivity index is 2.29. The van der Waals surface area contributed by atoms with E-state index in [-0.39, 0.29) is 5.91 Å². The average molecular weight is 320 g/mol. The van der Waals surface area contributed by atoms with Gasteiger partial charge >= 0.3 is 5.91 Å². The molecular formula is C15H16BrN2O+. The van der Waals surface area contributed by atoms with E-state index in [1.807, 2.05) is 43.7 Å². The molecule has 0 atom stereocenters. The Morgan fingerprint density at radius 3 is 2.63 bits per heavy atom. The lowest BCUT2D eigenvalue weighted by Crippen LogP contribution is -2.37. The van der Waals surface area contributed by atoms with Gasteiger partial charge in [-0.2, -0.15) is 0 Å². The van der Waals surface area contributed by atoms with Crippen molar-refractivity contribution in [2.24, 2.45) is 7.05 Å². The smallest absolute Gasteiger partial charge is 0.241 e. The van der Waals surface area contributed by atoms with Crippen LogP contribution in [0.4, 0.5) is 5.82 Å². The summed E-state index contributed by atoms with van der Waals surface area (Å²) < 4.78 is 2.85. The molecule has 19 heavy (non-hydrogen) atoms. The Hall–Kier alpha value is -1.68. The summed E-state index contributed by atoms with van der Waals surface area (Å²) in [7, 11) is 1.94. The molecule has 1 aromatic carbocycles. The maximum Gasteiger partial charge on any atom is 0.339 e. The number of aromatic nitrogens is 1. The summed E-state index contributed by atoms with van der Waals surface area (Å²) in [5.41, 5.74) is 2.86. The number of pyridine rings is 1. The molecule has 0 radical (unpaired) electrons. The second-order valence-electron chi connectivity index (χ2n) is 4.58. The van der Waals surface area contributed by atoms with Gasteiger partial charge in [-0.05, 0) is 43.7 Å². The van der Waals surface area contributed by atoms with Crippen LogP contribution in [0.2, 0.25) is 0 Å². The maximum atomic E-state index is 12.2. The third-order valence-corrected chi connectivity index (χ3v) is 3.51. The van der Waals surface area contributed by atoms with Gasteiger partial charge in [0, 0.05) is 10.5 Å². The topological polar surface area (TPSA) is 33.0 Å². The van der Waals surface area contributed by atoms with Crippen LogP contribution < -0.4 is 9.88 Å². The largest absolute Gasteiger partial charge is 0.339 e. The fourth-order valence-corrected chi connectivity index (χ4v) is 2.31. The van der Waals surface area contributed by atoms with Gasteiger partial charge in [-0.15, -0.1) is 0 Å². The minimum absolute atomic E-state index is 0.109. The van der Waals surface area contributed by atoms with Crippen molar-refractivity contribution in [2.45, 2.75) is 13.8 Å². The van der Waals surface area contributed by atoms with Gasteiger partial charge in [-0.1, -0.05) is 22.0 Å². The lowest BCUT2D eigenvalue weighted by molar-refractivity contribution is -0.663. The first kappa shape index (κ1) is 13.7. The van der Waals surface area contributed by atoms with Crippen molar-refractivity contribution >= 4 is 27.7 Å². The molecule has 0 bridgehead atoms. The molecule has 0 saturated heterocycles. The molecule has 2 aromatic rings. The predicted octanol–water partition coefficient (Wildman–Crippen LogP) is 3.14. The van der Waals surface area contributed by atoms with Crippen LogP contribution in [-0.2, 0) is 7.05 Å². The van der Waals surface area contributed by atoms with Gasteiger partial charge in [-0.25, -0.2) is 14.7 Å². The van der Waals surface area contributed by atoms with Crippen LogP contribution in [0.25, 0.3) is 0 Å². The number of aryl methyl sites for hydroxylation is 2. The number of carbonyl (C=O) groups excluding carboxylic acids is 1. The van der Waals surface area contributed by atoms with E-state index >= 15 is 0 Å². The number of carbonyl (C=O) groups is 1. The summed E-state index contributed by atoms with van der Waals surface area (Å²) >= 11 is 3.37. The molecule has 98 valence electrons. The summed E-state index contributed by atoms with van der Waals surface area (Å²) in [6.07, 6.45) is 0. The van der Waals surface area contributed by atoms with Gasteiger partial charge in [0.15, 0.2) is 0 Å². The normalized spacial score (nSPS) is 10.3. The molecule has 0 aliphatic heterocycles. The zero-order valence-corrected chi connectivity index (χ0v) is 12.8. The number of nitrogens with zero attached hydrogens (tertiary/aromatic N) is 1. The lowest BCUT2D eigenvalue weighted by atomic mass is 10.2. The molecule has 0 saturated carbocycles. The summed E-state index contributed by atoms with van der Waals surface area (Å²) in [6.45, 7) is 4.03. The highest BCUT2D eigenvalue weighted by Crippen LogP contribution is 2.13. The number of benzene rings is 1. The lowest BCUT2D eigenvalue weighted by Gasteiger charge is -2.06. The monoisotopic (exact) mass is 319 g/mol. The third kappa shape index (κ3) is 3.20. The zero-order chi connectivity index (χ0) is 14.0. The average Bonchev–Trinajstić information content (AvgIpc) is 2.35. The van der Waals surface area contributed by atoms with E-state index in [1.54, 1.807) is 12.1 Å². The molecule has 0 spiro atoms. The van der Waals surface area contributed by atoms with Crippen LogP contribution in [0.1, 0.15) is 21.6 Å². The van der Waals surface area contributed by atoms with E-state index in [9.17, 15) is 4.79 Å². The van der Waals surface area contributed by atoms with Gasteiger partial charge in [0.1, 0.15) is 5.69 Å². The Kier molecular flexibility index (Phi) is 4.00. The fourth-order valence-electron chi connectivity index (χ4n) is 1.91. The molecule has 0 fully saturated rings. The highest BCUT2D eigenvalue weighted by molar-refractivity contribution is 9.10. The van der Waals surface area contributed by atoms with Crippen LogP contribution in [0, 0.1) is 13.8 Å². The molecule has 0 aliphatic carbocycles. The molecule has 0 aliphatic rings. The number of halogens is 1. The molecule has 2 rings (SSSR count). The van der Waals surface area contributed by atoms with Crippen molar-refractivity contribution in [1.29, 1.82) is 0 Å². The predicted molar refractivity (Wildman–Crippen MR) is 79.2 cm³/mol. The molecule has 3 nitrogen and oxygen atoms in total. The van der Waals surface area contributed by atoms with E-state index in [0.717, 1.165) is 21.5 Å². The minimum Gasteiger partial charge on any atom is -0.241 e. The van der Waals surface area contributed by atoms with E-state index in [1.165, 1.54) is 0 Å². The van der Waals surface area contributed by atoms with Gasteiger partial charge in [0.05, 0.1) is 12.6 Å². The van der Waals surface area contributed by atoms with Crippen LogP contribution in [0.5, 0.6) is 0 Å². The van der Waals surface area contributed by atoms with E-state index in [0.29, 0.717) is 5.56 Å². The van der Waals surface area contributed by atoms with Crippen LogP contribution in [-0.4, -0.2) is 5.91 Å². The summed E-state index contributed by atoms with van der Waals surface area (Å²) in [5, 5.41) is 2.94. The summed E-state index contributed by atoms with van der Waals surface area (Å²) in [4.78, 5) is 12.2. The van der Waals surface area contributed by atoms with Crippen molar-refractivity contribution in [2.75, 3.05) is 5.32 Å². The number of hydrogen-bond donors (Lipinski definition) is 1. The zero-order valence-electron chi connectivity index (χ0n) is 11.2. The second-order valence-corrected chi connectivity index (χ2v) is 5.50. The first-order valence-corrected chi connectivity index (χ1v) is 6.81. The Bertz CT molecular complexity index is 638. The number of nitrogens with one attached hydrogen (secondary N) is 1. The van der Waals surface area contributed by atoms with Gasteiger partial charge < -0.3 is 0 Å². The molecule has 1 heterocycles. The minimum atomic E-state index is -0.109. The van der Waals surface area contributed by atoms with Crippen molar-refractivity contribution in [3.05, 3.63) is 57.7 Å². The molecular weight excluding hydrogens is 304 g/mol. The van der Waals surface area contributed by atoms with E-state index in [4.69, 9.17) is 0 Å². The van der Waals surface area contributed by atoms with Crippen molar-refractivity contribution in [3.63, 3.8) is 0 Å². The number of amides is 1. The van der Waals surface area contributed by atoms with Crippen molar-refractivity contribution in [3.8, 4) is 0 Å². The number of anilines is 1. The molecule has 1 N–H and O–H groups in total.